The minimum absolute atomic E-state index is 0.0500. The zero-order chi connectivity index (χ0) is 18.2. The van der Waals surface area contributed by atoms with E-state index >= 15 is 0 Å². The first-order valence-corrected chi connectivity index (χ1v) is 7.60. The van der Waals surface area contributed by atoms with Gasteiger partial charge in [-0.2, -0.15) is 0 Å². The van der Waals surface area contributed by atoms with Crippen molar-refractivity contribution in [3.05, 3.63) is 39.9 Å². The molecular weight excluding hydrogens is 314 g/mol. The number of benzene rings is 1. The molecule has 1 N–H and O–H groups in total. The summed E-state index contributed by atoms with van der Waals surface area (Å²) in [6, 6.07) is 5.85. The average Bonchev–Trinajstić information content (AvgIpc) is 2.54. The van der Waals surface area contributed by atoms with E-state index in [-0.39, 0.29) is 17.2 Å². The molecular formula is C16H23N3O5. The Morgan fingerprint density at radius 3 is 2.42 bits per heavy atom. The molecule has 1 aromatic carbocycles. The summed E-state index contributed by atoms with van der Waals surface area (Å²) in [6.07, 6.45) is 0. The van der Waals surface area contributed by atoms with E-state index < -0.39 is 4.92 Å². The van der Waals surface area contributed by atoms with Crippen LogP contribution in [0.4, 0.5) is 5.69 Å². The molecule has 0 unspecified atom stereocenters. The largest absolute Gasteiger partial charge is 0.462 e. The van der Waals surface area contributed by atoms with Crippen molar-refractivity contribution < 1.29 is 19.2 Å². The zero-order valence-electron chi connectivity index (χ0n) is 14.2. The monoisotopic (exact) mass is 337 g/mol. The molecule has 1 saturated heterocycles. The van der Waals surface area contributed by atoms with Crippen LogP contribution in [-0.2, 0) is 9.53 Å². The highest BCUT2D eigenvalue weighted by Crippen LogP contribution is 2.15. The van der Waals surface area contributed by atoms with E-state index in [2.05, 4.69) is 10.1 Å². The van der Waals surface area contributed by atoms with Gasteiger partial charge in [0.15, 0.2) is 0 Å². The lowest BCUT2D eigenvalue weighted by Crippen LogP contribution is -2.46. The van der Waals surface area contributed by atoms with Crippen LogP contribution in [0, 0.1) is 10.1 Å². The number of nitrogens with one attached hydrogen (secondary N) is 1. The lowest BCUT2D eigenvalue weighted by molar-refractivity contribution is -0.384. The first-order chi connectivity index (χ1) is 11.2. The van der Waals surface area contributed by atoms with E-state index in [0.717, 1.165) is 13.1 Å². The molecule has 1 aliphatic rings. The number of piperazine rings is 1. The van der Waals surface area contributed by atoms with Gasteiger partial charge >= 0.3 is 0 Å². The third-order valence-electron chi connectivity index (χ3n) is 3.11. The predicted octanol–water partition coefficient (Wildman–Crippen LogP) is 1.60. The molecule has 0 aliphatic carbocycles. The number of ether oxygens (including phenoxy) is 1. The maximum absolute atomic E-state index is 12.1. The molecule has 8 heteroatoms. The van der Waals surface area contributed by atoms with Gasteiger partial charge in [0, 0.05) is 43.9 Å². The summed E-state index contributed by atoms with van der Waals surface area (Å²) in [7, 11) is 0. The number of carbonyl (C=O) groups is 2. The zero-order valence-corrected chi connectivity index (χ0v) is 14.2. The highest BCUT2D eigenvalue weighted by molar-refractivity contribution is 5.94. The van der Waals surface area contributed by atoms with Crippen LogP contribution in [0.1, 0.15) is 31.1 Å². The number of amides is 1. The van der Waals surface area contributed by atoms with Gasteiger partial charge in [0.25, 0.3) is 18.1 Å². The minimum atomic E-state index is -0.492. The Morgan fingerprint density at radius 1 is 1.33 bits per heavy atom. The third-order valence-corrected chi connectivity index (χ3v) is 3.11. The van der Waals surface area contributed by atoms with E-state index in [1.165, 1.54) is 18.2 Å². The highest BCUT2D eigenvalue weighted by atomic mass is 16.6. The fourth-order valence-corrected chi connectivity index (χ4v) is 1.95. The molecule has 8 nitrogen and oxygen atoms in total. The van der Waals surface area contributed by atoms with Gasteiger partial charge in [-0.1, -0.05) is 6.07 Å². The van der Waals surface area contributed by atoms with E-state index in [4.69, 9.17) is 0 Å². The van der Waals surface area contributed by atoms with Crippen LogP contribution in [0.15, 0.2) is 24.3 Å². The number of carbonyl (C=O) groups excluding carboxylic acids is 2. The lowest BCUT2D eigenvalue weighted by Gasteiger charge is -2.27. The summed E-state index contributed by atoms with van der Waals surface area (Å²) >= 11 is 0. The van der Waals surface area contributed by atoms with Gasteiger partial charge in [0.1, 0.15) is 5.60 Å². The van der Waals surface area contributed by atoms with Crippen molar-refractivity contribution >= 4 is 18.1 Å². The normalized spacial score (nSPS) is 14.2. The molecule has 1 amide bonds. The topological polar surface area (TPSA) is 102 Å². The summed E-state index contributed by atoms with van der Waals surface area (Å²) in [6.45, 7) is 8.73. The Hall–Kier alpha value is -2.48. The summed E-state index contributed by atoms with van der Waals surface area (Å²) in [5, 5.41) is 13.8. The fraction of sp³-hybridized carbons (Fsp3) is 0.500. The maximum Gasteiger partial charge on any atom is 0.293 e. The van der Waals surface area contributed by atoms with Gasteiger partial charge in [-0.15, -0.1) is 0 Å². The summed E-state index contributed by atoms with van der Waals surface area (Å²) in [4.78, 5) is 33.5. The minimum Gasteiger partial charge on any atom is -0.462 e. The Kier molecular flexibility index (Phi) is 7.31. The second kappa shape index (κ2) is 8.97. The molecule has 24 heavy (non-hydrogen) atoms. The predicted molar refractivity (Wildman–Crippen MR) is 88.8 cm³/mol. The Balaban J connectivity index is 0.000000351. The molecule has 0 bridgehead atoms. The smallest absolute Gasteiger partial charge is 0.293 e. The van der Waals surface area contributed by atoms with E-state index in [1.807, 2.05) is 20.8 Å². The summed E-state index contributed by atoms with van der Waals surface area (Å²) in [5.41, 5.74) is 0.00830. The molecule has 0 aromatic heterocycles. The number of hydrogen-bond donors (Lipinski definition) is 1. The Morgan fingerprint density at radius 2 is 1.96 bits per heavy atom. The summed E-state index contributed by atoms with van der Waals surface area (Å²) < 4.78 is 4.55. The Bertz CT molecular complexity index is 577. The van der Waals surface area contributed by atoms with Crippen molar-refractivity contribution in [3.8, 4) is 0 Å². The van der Waals surface area contributed by atoms with Crippen LogP contribution in [0.25, 0.3) is 0 Å². The van der Waals surface area contributed by atoms with Gasteiger partial charge < -0.3 is 15.0 Å². The number of hydrogen-bond acceptors (Lipinski definition) is 6. The van der Waals surface area contributed by atoms with E-state index in [1.54, 1.807) is 11.0 Å². The average molecular weight is 337 g/mol. The first kappa shape index (κ1) is 19.6. The van der Waals surface area contributed by atoms with E-state index in [9.17, 15) is 19.7 Å². The van der Waals surface area contributed by atoms with Crippen molar-refractivity contribution in [1.82, 2.24) is 10.2 Å². The molecule has 2 rings (SSSR count). The van der Waals surface area contributed by atoms with Crippen LogP contribution >= 0.6 is 0 Å². The van der Waals surface area contributed by atoms with Gasteiger partial charge in [-0.05, 0) is 26.8 Å². The van der Waals surface area contributed by atoms with E-state index in [0.29, 0.717) is 25.1 Å². The van der Waals surface area contributed by atoms with Crippen LogP contribution in [0.5, 0.6) is 0 Å². The molecule has 0 saturated carbocycles. The van der Waals surface area contributed by atoms with Gasteiger partial charge in [-0.3, -0.25) is 19.7 Å². The van der Waals surface area contributed by atoms with Crippen LogP contribution in [0.3, 0.4) is 0 Å². The molecule has 0 spiro atoms. The third kappa shape index (κ3) is 6.74. The number of nitrogens with zero attached hydrogens (tertiary/aromatic N) is 2. The van der Waals surface area contributed by atoms with Crippen molar-refractivity contribution in [1.29, 1.82) is 0 Å². The maximum atomic E-state index is 12.1. The second-order valence-electron chi connectivity index (χ2n) is 6.18. The van der Waals surface area contributed by atoms with Gasteiger partial charge in [-0.25, -0.2) is 0 Å². The molecule has 0 radical (unpaired) electrons. The summed E-state index contributed by atoms with van der Waals surface area (Å²) in [5.74, 6) is -0.143. The number of nitro groups is 1. The SMILES string of the molecule is CC(C)(C)OC=O.O=C(c1cccc([N+](=O)[O-])c1)N1CCNCC1. The van der Waals surface area contributed by atoms with Crippen molar-refractivity contribution in [3.63, 3.8) is 0 Å². The number of nitro benzene ring substituents is 1. The van der Waals surface area contributed by atoms with Crippen LogP contribution in [-0.4, -0.2) is 54.0 Å². The van der Waals surface area contributed by atoms with Gasteiger partial charge in [0.2, 0.25) is 0 Å². The van der Waals surface area contributed by atoms with Crippen LogP contribution < -0.4 is 5.32 Å². The first-order valence-electron chi connectivity index (χ1n) is 7.60. The van der Waals surface area contributed by atoms with Crippen molar-refractivity contribution in [2.45, 2.75) is 26.4 Å². The number of rotatable bonds is 3. The van der Waals surface area contributed by atoms with Crippen molar-refractivity contribution in [2.24, 2.45) is 0 Å². The molecule has 1 aliphatic heterocycles. The molecule has 0 atom stereocenters. The lowest BCUT2D eigenvalue weighted by atomic mass is 10.1. The molecule has 1 heterocycles. The standard InChI is InChI=1S/C11H13N3O3.C5H10O2/c15-11(13-6-4-12-5-7-13)9-2-1-3-10(8-9)14(16)17;1-5(2,3)7-4-6/h1-3,8,12H,4-7H2;4H,1-3H3. The van der Waals surface area contributed by atoms with Crippen LogP contribution in [0.2, 0.25) is 0 Å². The molecule has 1 aromatic rings. The Labute approximate surface area is 140 Å². The second-order valence-corrected chi connectivity index (χ2v) is 6.18. The molecule has 1 fully saturated rings. The highest BCUT2D eigenvalue weighted by Gasteiger charge is 2.19. The fourth-order valence-electron chi connectivity index (χ4n) is 1.95. The molecule has 132 valence electrons. The van der Waals surface area contributed by atoms with Gasteiger partial charge in [0.05, 0.1) is 4.92 Å². The van der Waals surface area contributed by atoms with Crippen molar-refractivity contribution in [2.75, 3.05) is 26.2 Å². The quantitative estimate of drug-likeness (QED) is 0.511. The number of non-ortho nitro benzene ring substituents is 1.